The lowest BCUT2D eigenvalue weighted by Crippen LogP contribution is -2.49. The first-order valence-electron chi connectivity index (χ1n) is 13.5. The highest BCUT2D eigenvalue weighted by Crippen LogP contribution is 2.29. The quantitative estimate of drug-likeness (QED) is 0.183. The highest BCUT2D eigenvalue weighted by molar-refractivity contribution is 6.64. The predicted molar refractivity (Wildman–Crippen MR) is 152 cm³/mol. The zero-order chi connectivity index (χ0) is 30.6. The van der Waals surface area contributed by atoms with Crippen LogP contribution < -0.4 is 28.0 Å². The van der Waals surface area contributed by atoms with Crippen LogP contribution in [0.25, 0.3) is 0 Å². The number of carbonyl (C=O) groups is 3. The summed E-state index contributed by atoms with van der Waals surface area (Å²) in [6.07, 6.45) is -4.12. The Morgan fingerprint density at radius 1 is 0.951 bits per heavy atom. The molecule has 0 aliphatic heterocycles. The number of hydrogen-bond donors (Lipinski definition) is 5. The van der Waals surface area contributed by atoms with E-state index < -0.39 is 36.6 Å². The van der Waals surface area contributed by atoms with Crippen LogP contribution in [0.4, 0.5) is 13.2 Å². The molecule has 0 fully saturated rings. The first-order valence-corrected chi connectivity index (χ1v) is 13.5. The highest BCUT2D eigenvalue weighted by Gasteiger charge is 2.30. The van der Waals surface area contributed by atoms with Crippen LogP contribution >= 0.6 is 0 Å². The minimum Gasteiger partial charge on any atom is -0.447 e. The second-order valence-electron chi connectivity index (χ2n) is 9.95. The lowest BCUT2D eigenvalue weighted by atomic mass is 9.64. The minimum absolute atomic E-state index is 0.0193. The molecule has 2 atom stereocenters. The maximum Gasteiger partial charge on any atom is 0.416 e. The van der Waals surface area contributed by atoms with Crippen LogP contribution in [0.15, 0.2) is 48.5 Å². The van der Waals surface area contributed by atoms with E-state index in [1.807, 2.05) is 0 Å². The topological polar surface area (TPSA) is 165 Å². The van der Waals surface area contributed by atoms with Gasteiger partial charge in [0.1, 0.15) is 0 Å². The van der Waals surface area contributed by atoms with Gasteiger partial charge in [0, 0.05) is 39.0 Å². The molecule has 41 heavy (non-hydrogen) atoms. The largest absolute Gasteiger partial charge is 0.447 e. The number of nitrogens with one attached hydrogen (secondary N) is 1. The lowest BCUT2D eigenvalue weighted by molar-refractivity contribution is -0.137. The third-order valence-corrected chi connectivity index (χ3v) is 6.71. The smallest absolute Gasteiger partial charge is 0.416 e. The van der Waals surface area contributed by atoms with Crippen molar-refractivity contribution in [2.45, 2.75) is 57.2 Å². The maximum absolute atomic E-state index is 13.2. The Morgan fingerprint density at radius 3 is 2.02 bits per heavy atom. The van der Waals surface area contributed by atoms with Gasteiger partial charge in [0.15, 0.2) is 5.78 Å². The van der Waals surface area contributed by atoms with Gasteiger partial charge in [-0.1, -0.05) is 43.2 Å². The first-order chi connectivity index (χ1) is 19.3. The molecule has 9 nitrogen and oxygen atoms in total. The second-order valence-corrected chi connectivity index (χ2v) is 9.95. The van der Waals surface area contributed by atoms with Crippen LogP contribution in [0.2, 0.25) is 6.82 Å². The van der Waals surface area contributed by atoms with Gasteiger partial charge in [0.25, 0.3) is 0 Å². The normalized spacial score (nSPS) is 12.9. The minimum atomic E-state index is -4.50. The van der Waals surface area contributed by atoms with Gasteiger partial charge in [-0.05, 0) is 48.0 Å². The van der Waals surface area contributed by atoms with Gasteiger partial charge in [0.05, 0.1) is 17.6 Å². The number of halogens is 3. The summed E-state index contributed by atoms with van der Waals surface area (Å²) in [5.74, 6) is -1.21. The molecule has 0 spiro atoms. The summed E-state index contributed by atoms with van der Waals surface area (Å²) < 4.78 is 39.0. The second kappa shape index (κ2) is 16.3. The average Bonchev–Trinajstić information content (AvgIpc) is 2.93. The van der Waals surface area contributed by atoms with Crippen LogP contribution in [-0.4, -0.2) is 72.7 Å². The van der Waals surface area contributed by atoms with E-state index in [-0.39, 0.29) is 50.5 Å². The molecule has 2 aromatic carbocycles. The fourth-order valence-electron chi connectivity index (χ4n) is 4.24. The van der Waals surface area contributed by atoms with Crippen molar-refractivity contribution in [3.63, 3.8) is 0 Å². The van der Waals surface area contributed by atoms with E-state index in [9.17, 15) is 32.6 Å². The molecule has 8 N–H and O–H groups in total. The summed E-state index contributed by atoms with van der Waals surface area (Å²) in [7, 11) is 0. The number of carbonyl (C=O) groups excluding carboxylic acids is 3. The van der Waals surface area contributed by atoms with Crippen molar-refractivity contribution >= 4 is 30.0 Å². The Bertz CT molecular complexity index is 1130. The van der Waals surface area contributed by atoms with Crippen molar-refractivity contribution in [1.82, 2.24) is 10.2 Å². The molecule has 0 radical (unpaired) electrons. The maximum atomic E-state index is 13.2. The average molecular weight is 577 g/mol. The molecule has 0 saturated heterocycles. The molecule has 0 saturated carbocycles. The molecule has 224 valence electrons. The van der Waals surface area contributed by atoms with E-state index in [0.717, 1.165) is 23.2 Å². The molecule has 0 aliphatic carbocycles. The van der Waals surface area contributed by atoms with Gasteiger partial charge < -0.3 is 32.4 Å². The van der Waals surface area contributed by atoms with Crippen LogP contribution in [0.5, 0.6) is 0 Å². The summed E-state index contributed by atoms with van der Waals surface area (Å²) in [5.41, 5.74) is 18.3. The Morgan fingerprint density at radius 2 is 1.51 bits per heavy atom. The number of benzene rings is 2. The molecule has 0 aromatic heterocycles. The van der Waals surface area contributed by atoms with Gasteiger partial charge in [-0.25, -0.2) is 0 Å². The predicted octanol–water partition coefficient (Wildman–Crippen LogP) is 0.609. The van der Waals surface area contributed by atoms with Crippen molar-refractivity contribution in [2.24, 2.45) is 17.2 Å². The van der Waals surface area contributed by atoms with E-state index in [0.29, 0.717) is 25.1 Å². The third kappa shape index (κ3) is 11.3. The molecule has 0 heterocycles. The third-order valence-electron chi connectivity index (χ3n) is 6.71. The molecule has 0 unspecified atom stereocenters. The first kappa shape index (κ1) is 33.9. The van der Waals surface area contributed by atoms with E-state index in [1.165, 1.54) is 17.0 Å². The number of rotatable bonds is 16. The molecule has 2 aromatic rings. The molecular weight excluding hydrogens is 538 g/mol. The van der Waals surface area contributed by atoms with E-state index in [4.69, 9.17) is 17.2 Å². The molecule has 0 bridgehead atoms. The SMILES string of the molecule is CB(O)c1ccc(CCC(=O)[C@@H](Cc2ccc(C(F)(F)F)cc2)NC(=O)[C@@H](N)CCC(=O)N(CCN)CCN)cc1. The summed E-state index contributed by atoms with van der Waals surface area (Å²) in [6.45, 7) is 2.18. The molecule has 2 rings (SSSR count). The van der Waals surface area contributed by atoms with Crippen molar-refractivity contribution in [1.29, 1.82) is 0 Å². The molecule has 13 heteroatoms. The van der Waals surface area contributed by atoms with Gasteiger partial charge in [0.2, 0.25) is 11.8 Å². The number of hydrogen-bond acceptors (Lipinski definition) is 7. The Kier molecular flexibility index (Phi) is 13.5. The monoisotopic (exact) mass is 577 g/mol. The fraction of sp³-hybridized carbons (Fsp3) is 0.464. The molecule has 2 amide bonds. The van der Waals surface area contributed by atoms with Gasteiger partial charge >= 0.3 is 13.1 Å². The van der Waals surface area contributed by atoms with Gasteiger partial charge in [-0.3, -0.25) is 14.4 Å². The number of nitrogens with two attached hydrogens (primary N) is 3. The summed E-state index contributed by atoms with van der Waals surface area (Å²) in [6, 6.07) is 9.37. The van der Waals surface area contributed by atoms with E-state index in [2.05, 4.69) is 5.32 Å². The Balaban J connectivity index is 2.10. The zero-order valence-electron chi connectivity index (χ0n) is 23.2. The molecular formula is C28H39BF3N5O4. The van der Waals surface area contributed by atoms with E-state index in [1.54, 1.807) is 31.1 Å². The summed E-state index contributed by atoms with van der Waals surface area (Å²) in [4.78, 5) is 40.1. The van der Waals surface area contributed by atoms with Crippen molar-refractivity contribution in [3.05, 3.63) is 65.2 Å². The van der Waals surface area contributed by atoms with Crippen LogP contribution in [0.3, 0.4) is 0 Å². The van der Waals surface area contributed by atoms with Crippen molar-refractivity contribution < 1.29 is 32.6 Å². The molecule has 0 aliphatic rings. The summed E-state index contributed by atoms with van der Waals surface area (Å²) >= 11 is 0. The Labute approximate surface area is 238 Å². The number of nitrogens with zero attached hydrogens (tertiary/aromatic N) is 1. The summed E-state index contributed by atoms with van der Waals surface area (Å²) in [5, 5.41) is 12.3. The van der Waals surface area contributed by atoms with Crippen LogP contribution in [0, 0.1) is 0 Å². The number of alkyl halides is 3. The fourth-order valence-corrected chi connectivity index (χ4v) is 4.24. The number of amides is 2. The van der Waals surface area contributed by atoms with Crippen molar-refractivity contribution in [2.75, 3.05) is 26.2 Å². The Hall–Kier alpha value is -3.26. The van der Waals surface area contributed by atoms with Gasteiger partial charge in [-0.15, -0.1) is 0 Å². The van der Waals surface area contributed by atoms with Crippen LogP contribution in [-0.2, 0) is 33.4 Å². The van der Waals surface area contributed by atoms with Crippen LogP contribution in [0.1, 0.15) is 36.0 Å². The number of Topliss-reactive ketones (excluding diaryl/α,β-unsaturated/α-hetero) is 1. The zero-order valence-corrected chi connectivity index (χ0v) is 23.2. The van der Waals surface area contributed by atoms with Gasteiger partial charge in [-0.2, -0.15) is 13.2 Å². The standard InChI is InChI=1S/C28H39BF3N5O4/c1-29(41)22-9-4-19(5-10-22)6-12-25(38)24(18-20-2-7-21(8-3-20)28(30,31)32)36-27(40)23(35)11-13-26(39)37(16-14-33)17-15-34/h2-5,7-10,23-24,41H,6,11-18,33-35H2,1H3,(H,36,40)/t23-,24+/m0/s1. The van der Waals surface area contributed by atoms with E-state index >= 15 is 0 Å². The number of aryl methyl sites for hydroxylation is 1. The van der Waals surface area contributed by atoms with Crippen molar-refractivity contribution in [3.8, 4) is 0 Å². The number of ketones is 1. The lowest BCUT2D eigenvalue weighted by Gasteiger charge is -2.23. The highest BCUT2D eigenvalue weighted by atomic mass is 19.4.